The maximum atomic E-state index is 13.5. The first kappa shape index (κ1) is 27.5. The number of likely N-dealkylation sites (tertiary alicyclic amines) is 1. The van der Waals surface area contributed by atoms with Gasteiger partial charge in [0.25, 0.3) is 0 Å². The minimum atomic E-state index is -3.15. The lowest BCUT2D eigenvalue weighted by atomic mass is 9.56. The summed E-state index contributed by atoms with van der Waals surface area (Å²) in [5.74, 6) is 3.28. The topological polar surface area (TPSA) is 93.1 Å². The summed E-state index contributed by atoms with van der Waals surface area (Å²) in [5.41, 5.74) is 0.748. The fourth-order valence-electron chi connectivity index (χ4n) is 8.73. The molecule has 8 heteroatoms. The van der Waals surface area contributed by atoms with Crippen LogP contribution in [0.3, 0.4) is 0 Å². The quantitative estimate of drug-likeness (QED) is 0.371. The zero-order chi connectivity index (χ0) is 27.0. The van der Waals surface area contributed by atoms with Gasteiger partial charge in [-0.3, -0.25) is 4.79 Å². The Balaban J connectivity index is 1.04. The number of benzene rings is 1. The highest BCUT2D eigenvalue weighted by Crippen LogP contribution is 2.58. The molecule has 2 aliphatic heterocycles. The van der Waals surface area contributed by atoms with Gasteiger partial charge in [0.2, 0.25) is 0 Å². The molecule has 7 rings (SSSR count). The fraction of sp³-hybridized carbons (Fsp3) is 0.774. The monoisotopic (exact) mass is 559 g/mol. The number of ether oxygens (including phenoxy) is 2. The van der Waals surface area contributed by atoms with Gasteiger partial charge in [-0.2, -0.15) is 0 Å². The molecule has 0 amide bonds. The molecule has 39 heavy (non-hydrogen) atoms. The number of unbranched alkanes of at least 4 members (excludes halogenated alkanes) is 1. The van der Waals surface area contributed by atoms with E-state index < -0.39 is 20.7 Å². The van der Waals surface area contributed by atoms with E-state index in [0.29, 0.717) is 74.7 Å². The number of sulfone groups is 1. The number of carbonyl (C=O) groups is 1. The molecule has 5 fully saturated rings. The van der Waals surface area contributed by atoms with Crippen molar-refractivity contribution in [2.75, 3.05) is 38.6 Å². The Kier molecular flexibility index (Phi) is 7.99. The first-order valence-electron chi connectivity index (χ1n) is 15.3. The van der Waals surface area contributed by atoms with Gasteiger partial charge in [-0.05, 0) is 113 Å². The maximum absolute atomic E-state index is 13.5. The minimum Gasteiger partial charge on any atom is -0.486 e. The summed E-state index contributed by atoms with van der Waals surface area (Å²) >= 11 is 0. The molecule has 6 aliphatic rings. The van der Waals surface area contributed by atoms with E-state index in [1.807, 2.05) is 18.2 Å². The second-order valence-electron chi connectivity index (χ2n) is 13.2. The van der Waals surface area contributed by atoms with Crippen molar-refractivity contribution in [1.82, 2.24) is 4.90 Å². The van der Waals surface area contributed by atoms with E-state index in [-0.39, 0.29) is 17.5 Å². The highest BCUT2D eigenvalue weighted by atomic mass is 32.2. The largest absolute Gasteiger partial charge is 0.486 e. The summed E-state index contributed by atoms with van der Waals surface area (Å²) < 4.78 is 37.9. The van der Waals surface area contributed by atoms with Gasteiger partial charge in [0.15, 0.2) is 21.3 Å². The van der Waals surface area contributed by atoms with Crippen molar-refractivity contribution in [3.63, 3.8) is 0 Å². The van der Waals surface area contributed by atoms with Gasteiger partial charge >= 0.3 is 0 Å². The Morgan fingerprint density at radius 1 is 0.974 bits per heavy atom. The molecule has 0 aromatic heterocycles. The second-order valence-corrected chi connectivity index (χ2v) is 15.7. The number of nitrogens with zero attached hydrogens (tertiary/aromatic N) is 1. The number of ketones is 1. The number of rotatable bonds is 12. The van der Waals surface area contributed by atoms with Crippen LogP contribution >= 0.6 is 0 Å². The molecule has 0 spiro atoms. The molecule has 216 valence electrons. The summed E-state index contributed by atoms with van der Waals surface area (Å²) in [5, 5.41) is 11.4. The Labute approximate surface area is 233 Å². The summed E-state index contributed by atoms with van der Waals surface area (Å²) in [4.78, 5) is 15.5. The molecular weight excluding hydrogens is 514 g/mol. The first-order chi connectivity index (χ1) is 18.8. The van der Waals surface area contributed by atoms with E-state index in [1.165, 1.54) is 19.3 Å². The predicted molar refractivity (Wildman–Crippen MR) is 150 cm³/mol. The van der Waals surface area contributed by atoms with E-state index in [1.54, 1.807) is 0 Å². The van der Waals surface area contributed by atoms with Gasteiger partial charge < -0.3 is 19.5 Å². The summed E-state index contributed by atoms with van der Waals surface area (Å²) in [7, 11) is -3.15. The third kappa shape index (κ3) is 5.89. The van der Waals surface area contributed by atoms with Crippen LogP contribution in [0.15, 0.2) is 18.2 Å². The van der Waals surface area contributed by atoms with Crippen molar-refractivity contribution < 1.29 is 27.8 Å². The lowest BCUT2D eigenvalue weighted by Crippen LogP contribution is -2.55. The molecule has 2 heterocycles. The standard InChI is InChI=1S/C31H45NO6S/c33-27(5-1-4-12-39(35,36)31-18-22-13-23(19-31)15-24(14-22)20-31)16-26(21-32-8-2-3-9-32)30(34)25-6-7-28-29(17-25)38-11-10-37-28/h6-7,17,22-24,26,30,34H,1-5,8-16,18-21H2/t22?,23?,24?,26-,30-,31?/m1/s1. The van der Waals surface area contributed by atoms with Crippen LogP contribution in [0.1, 0.15) is 88.7 Å². The number of aliphatic hydroxyl groups excluding tert-OH is 1. The van der Waals surface area contributed by atoms with Crippen molar-refractivity contribution >= 4 is 15.6 Å². The van der Waals surface area contributed by atoms with Crippen LogP contribution in [-0.4, -0.2) is 67.6 Å². The average Bonchev–Trinajstić information content (AvgIpc) is 3.42. The van der Waals surface area contributed by atoms with Crippen molar-refractivity contribution in [2.45, 2.75) is 87.9 Å². The minimum absolute atomic E-state index is 0.114. The zero-order valence-electron chi connectivity index (χ0n) is 23.2. The SMILES string of the molecule is O=C(CCCCS(=O)(=O)C12CC3CC(CC(C3)C1)C2)C[C@H](CN1CCCC1)[C@H](O)c1ccc2c(c1)OCCO2. The summed E-state index contributed by atoms with van der Waals surface area (Å²) in [6.45, 7) is 3.69. The van der Waals surface area contributed by atoms with Gasteiger partial charge in [-0.25, -0.2) is 8.42 Å². The molecule has 4 bridgehead atoms. The average molecular weight is 560 g/mol. The number of fused-ring (bicyclic) bond motifs is 1. The highest BCUT2D eigenvalue weighted by Gasteiger charge is 2.56. The Morgan fingerprint density at radius 3 is 2.28 bits per heavy atom. The second kappa shape index (κ2) is 11.3. The van der Waals surface area contributed by atoms with Crippen molar-refractivity contribution in [2.24, 2.45) is 23.7 Å². The molecular formula is C31H45NO6S. The number of carbonyl (C=O) groups excluding carboxylic acids is 1. The third-order valence-corrected chi connectivity index (χ3v) is 12.9. The molecule has 4 aliphatic carbocycles. The van der Waals surface area contributed by atoms with Crippen LogP contribution < -0.4 is 9.47 Å². The van der Waals surface area contributed by atoms with Crippen molar-refractivity contribution in [3.05, 3.63) is 23.8 Å². The number of aliphatic hydroxyl groups is 1. The molecule has 7 nitrogen and oxygen atoms in total. The van der Waals surface area contributed by atoms with E-state index in [0.717, 1.165) is 50.8 Å². The Morgan fingerprint density at radius 2 is 1.62 bits per heavy atom. The lowest BCUT2D eigenvalue weighted by Gasteiger charge is -2.56. The van der Waals surface area contributed by atoms with Crippen LogP contribution in [0.25, 0.3) is 0 Å². The van der Waals surface area contributed by atoms with E-state index in [9.17, 15) is 18.3 Å². The van der Waals surface area contributed by atoms with Gasteiger partial charge in [-0.15, -0.1) is 0 Å². The number of Topliss-reactive ketones (excluding diaryl/α,β-unsaturated/α-hetero) is 1. The molecule has 2 atom stereocenters. The van der Waals surface area contributed by atoms with Gasteiger partial charge in [0, 0.05) is 25.3 Å². The normalized spacial score (nSPS) is 31.4. The van der Waals surface area contributed by atoms with Crippen LogP contribution in [0.4, 0.5) is 0 Å². The van der Waals surface area contributed by atoms with Crippen LogP contribution in [0.5, 0.6) is 11.5 Å². The van der Waals surface area contributed by atoms with Crippen molar-refractivity contribution in [3.8, 4) is 11.5 Å². The van der Waals surface area contributed by atoms with E-state index in [4.69, 9.17) is 9.47 Å². The number of hydrogen-bond acceptors (Lipinski definition) is 7. The molecule has 1 N–H and O–H groups in total. The highest BCUT2D eigenvalue weighted by molar-refractivity contribution is 7.92. The first-order valence-corrected chi connectivity index (χ1v) is 17.0. The summed E-state index contributed by atoms with van der Waals surface area (Å²) in [6, 6.07) is 5.55. The third-order valence-electron chi connectivity index (χ3n) is 10.3. The van der Waals surface area contributed by atoms with Gasteiger partial charge in [0.05, 0.1) is 16.6 Å². The van der Waals surface area contributed by atoms with Crippen LogP contribution in [0.2, 0.25) is 0 Å². The molecule has 0 radical (unpaired) electrons. The van der Waals surface area contributed by atoms with E-state index in [2.05, 4.69) is 4.90 Å². The van der Waals surface area contributed by atoms with Crippen LogP contribution in [0, 0.1) is 23.7 Å². The molecule has 1 aromatic carbocycles. The Hall–Kier alpha value is -1.64. The molecule has 4 saturated carbocycles. The fourth-order valence-corrected chi connectivity index (χ4v) is 11.2. The lowest BCUT2D eigenvalue weighted by molar-refractivity contribution is -0.121. The molecule has 1 saturated heterocycles. The summed E-state index contributed by atoms with van der Waals surface area (Å²) in [6.07, 6.45) is 9.68. The predicted octanol–water partition coefficient (Wildman–Crippen LogP) is 4.72. The van der Waals surface area contributed by atoms with Crippen LogP contribution in [-0.2, 0) is 14.6 Å². The molecule has 0 unspecified atom stereocenters. The van der Waals surface area contributed by atoms with E-state index >= 15 is 0 Å². The zero-order valence-corrected chi connectivity index (χ0v) is 24.0. The van der Waals surface area contributed by atoms with Crippen molar-refractivity contribution in [1.29, 1.82) is 0 Å². The maximum Gasteiger partial charge on any atom is 0.161 e. The molecule has 1 aromatic rings. The smallest absolute Gasteiger partial charge is 0.161 e. The van der Waals surface area contributed by atoms with Gasteiger partial charge in [-0.1, -0.05) is 6.07 Å². The van der Waals surface area contributed by atoms with Gasteiger partial charge in [0.1, 0.15) is 19.0 Å². The Bertz CT molecular complexity index is 1110. The number of hydrogen-bond donors (Lipinski definition) is 1.